The van der Waals surface area contributed by atoms with Crippen LogP contribution in [0.25, 0.3) is 22.4 Å². The van der Waals surface area contributed by atoms with Gasteiger partial charge in [0.15, 0.2) is 0 Å². The second kappa shape index (κ2) is 7.72. The molecule has 4 aromatic rings. The number of benzene rings is 1. The molecule has 10 heteroatoms. The van der Waals surface area contributed by atoms with Gasteiger partial charge < -0.3 is 9.84 Å². The van der Waals surface area contributed by atoms with E-state index in [4.69, 9.17) is 4.52 Å². The van der Waals surface area contributed by atoms with Gasteiger partial charge in [0.1, 0.15) is 5.82 Å². The number of aromatic nitrogens is 4. The highest BCUT2D eigenvalue weighted by molar-refractivity contribution is 6.12. The maximum absolute atomic E-state index is 13.6. The fourth-order valence-electron chi connectivity index (χ4n) is 3.65. The Balaban J connectivity index is 1.86. The van der Waals surface area contributed by atoms with Gasteiger partial charge in [-0.2, -0.15) is 18.3 Å². The predicted octanol–water partition coefficient (Wildman–Crippen LogP) is 5.73. The fourth-order valence-corrected chi connectivity index (χ4v) is 3.65. The van der Waals surface area contributed by atoms with Crippen molar-refractivity contribution in [3.8, 4) is 11.3 Å². The standard InChI is InChI=1S/C23H22F3N5O2/c1-12-10-18(31(29-12)22(3,4)5)28-20(32)15-11-17(27-21-19(15)13(2)30-33-21)14-8-6-7-9-16(14)23(24,25)26/h6-11H,1-5H3,(H,28,32). The molecule has 0 radical (unpaired) electrons. The van der Waals surface area contributed by atoms with Crippen molar-refractivity contribution in [2.45, 2.75) is 46.3 Å². The van der Waals surface area contributed by atoms with Crippen LogP contribution in [0.1, 0.15) is 48.1 Å². The van der Waals surface area contributed by atoms with Gasteiger partial charge in [-0.3, -0.25) is 4.79 Å². The summed E-state index contributed by atoms with van der Waals surface area (Å²) in [5.41, 5.74) is -0.282. The number of nitrogens with zero attached hydrogens (tertiary/aromatic N) is 4. The summed E-state index contributed by atoms with van der Waals surface area (Å²) >= 11 is 0. The number of carbonyl (C=O) groups is 1. The third-order valence-corrected chi connectivity index (χ3v) is 5.08. The van der Waals surface area contributed by atoms with Gasteiger partial charge in [-0.1, -0.05) is 23.4 Å². The number of aryl methyl sites for hydroxylation is 2. The van der Waals surface area contributed by atoms with Crippen LogP contribution in [0.3, 0.4) is 0 Å². The number of alkyl halides is 3. The van der Waals surface area contributed by atoms with Crippen molar-refractivity contribution < 1.29 is 22.5 Å². The van der Waals surface area contributed by atoms with E-state index in [-0.39, 0.29) is 22.5 Å². The summed E-state index contributed by atoms with van der Waals surface area (Å²) in [7, 11) is 0. The lowest BCUT2D eigenvalue weighted by Crippen LogP contribution is -2.27. The molecule has 172 valence electrons. The second-order valence-corrected chi connectivity index (χ2v) is 8.75. The van der Waals surface area contributed by atoms with E-state index in [9.17, 15) is 18.0 Å². The minimum Gasteiger partial charge on any atom is -0.335 e. The van der Waals surface area contributed by atoms with Crippen LogP contribution in [0.5, 0.6) is 0 Å². The highest BCUT2D eigenvalue weighted by atomic mass is 19.4. The Labute approximate surface area is 187 Å². The Morgan fingerprint density at radius 3 is 2.45 bits per heavy atom. The first-order chi connectivity index (χ1) is 15.4. The average molecular weight is 457 g/mol. The van der Waals surface area contributed by atoms with Gasteiger partial charge in [-0.05, 0) is 46.8 Å². The number of hydrogen-bond donors (Lipinski definition) is 1. The minimum atomic E-state index is -4.59. The number of halogens is 3. The van der Waals surface area contributed by atoms with Crippen molar-refractivity contribution in [2.24, 2.45) is 0 Å². The van der Waals surface area contributed by atoms with Crippen molar-refractivity contribution in [1.82, 2.24) is 19.9 Å². The highest BCUT2D eigenvalue weighted by Gasteiger charge is 2.34. The first kappa shape index (κ1) is 22.5. The van der Waals surface area contributed by atoms with E-state index in [1.807, 2.05) is 20.8 Å². The van der Waals surface area contributed by atoms with Crippen molar-refractivity contribution in [1.29, 1.82) is 0 Å². The molecular weight excluding hydrogens is 435 g/mol. The van der Waals surface area contributed by atoms with Crippen LogP contribution in [0, 0.1) is 13.8 Å². The zero-order valence-corrected chi connectivity index (χ0v) is 18.7. The van der Waals surface area contributed by atoms with Gasteiger partial charge in [0.25, 0.3) is 11.6 Å². The summed E-state index contributed by atoms with van der Waals surface area (Å²) < 4.78 is 47.7. The van der Waals surface area contributed by atoms with E-state index in [0.29, 0.717) is 22.6 Å². The van der Waals surface area contributed by atoms with Crippen LogP contribution in [-0.4, -0.2) is 25.8 Å². The number of nitrogens with one attached hydrogen (secondary N) is 1. The second-order valence-electron chi connectivity index (χ2n) is 8.75. The molecule has 0 unspecified atom stereocenters. The third-order valence-electron chi connectivity index (χ3n) is 5.08. The van der Waals surface area contributed by atoms with Crippen molar-refractivity contribution >= 4 is 22.8 Å². The van der Waals surface area contributed by atoms with Crippen LogP contribution < -0.4 is 5.32 Å². The largest absolute Gasteiger partial charge is 0.417 e. The molecule has 4 rings (SSSR count). The molecule has 1 N–H and O–H groups in total. The van der Waals surface area contributed by atoms with Crippen LogP contribution in [0.2, 0.25) is 0 Å². The van der Waals surface area contributed by atoms with Crippen LogP contribution in [0.4, 0.5) is 19.0 Å². The molecule has 0 saturated carbocycles. The third kappa shape index (κ3) is 4.20. The molecule has 0 saturated heterocycles. The molecule has 1 amide bonds. The lowest BCUT2D eigenvalue weighted by molar-refractivity contribution is -0.137. The highest BCUT2D eigenvalue weighted by Crippen LogP contribution is 2.37. The maximum Gasteiger partial charge on any atom is 0.417 e. The van der Waals surface area contributed by atoms with E-state index >= 15 is 0 Å². The zero-order valence-electron chi connectivity index (χ0n) is 18.7. The number of carbonyl (C=O) groups excluding carboxylic acids is 1. The van der Waals surface area contributed by atoms with Crippen LogP contribution in [-0.2, 0) is 11.7 Å². The molecule has 3 heterocycles. The molecule has 0 aliphatic heterocycles. The van der Waals surface area contributed by atoms with Gasteiger partial charge in [-0.15, -0.1) is 0 Å². The molecule has 0 aliphatic carbocycles. The summed E-state index contributed by atoms with van der Waals surface area (Å²) in [4.78, 5) is 17.6. The lowest BCUT2D eigenvalue weighted by atomic mass is 10.0. The molecule has 0 aliphatic rings. The molecule has 0 bridgehead atoms. The summed E-state index contributed by atoms with van der Waals surface area (Å²) in [5, 5.41) is 11.5. The van der Waals surface area contributed by atoms with E-state index in [1.54, 1.807) is 24.6 Å². The molecule has 33 heavy (non-hydrogen) atoms. The molecule has 0 fully saturated rings. The van der Waals surface area contributed by atoms with Crippen LogP contribution >= 0.6 is 0 Å². The van der Waals surface area contributed by atoms with E-state index in [2.05, 4.69) is 20.6 Å². The summed E-state index contributed by atoms with van der Waals surface area (Å²) in [6, 6.07) is 8.11. The smallest absolute Gasteiger partial charge is 0.335 e. The topological polar surface area (TPSA) is 85.8 Å². The molecule has 0 atom stereocenters. The molecule has 3 aromatic heterocycles. The summed E-state index contributed by atoms with van der Waals surface area (Å²) in [5.74, 6) is -0.0776. The molecular formula is C23H22F3N5O2. The predicted molar refractivity (Wildman–Crippen MR) is 117 cm³/mol. The van der Waals surface area contributed by atoms with E-state index in [0.717, 1.165) is 6.07 Å². The Bertz CT molecular complexity index is 1360. The summed E-state index contributed by atoms with van der Waals surface area (Å²) in [6.45, 7) is 9.26. The Kier molecular flexibility index (Phi) is 5.26. The summed E-state index contributed by atoms with van der Waals surface area (Å²) in [6.07, 6.45) is -4.59. The maximum atomic E-state index is 13.6. The molecule has 7 nitrogen and oxygen atoms in total. The van der Waals surface area contributed by atoms with E-state index < -0.39 is 23.2 Å². The zero-order chi connectivity index (χ0) is 24.1. The van der Waals surface area contributed by atoms with Gasteiger partial charge >= 0.3 is 6.18 Å². The number of rotatable bonds is 3. The molecule has 1 aromatic carbocycles. The van der Waals surface area contributed by atoms with Crippen LogP contribution in [0.15, 0.2) is 40.9 Å². The fraction of sp³-hybridized carbons (Fsp3) is 0.304. The number of hydrogen-bond acceptors (Lipinski definition) is 5. The first-order valence-electron chi connectivity index (χ1n) is 10.2. The average Bonchev–Trinajstić information content (AvgIpc) is 3.29. The Morgan fingerprint density at radius 1 is 1.09 bits per heavy atom. The lowest BCUT2D eigenvalue weighted by Gasteiger charge is -2.22. The van der Waals surface area contributed by atoms with Crippen molar-refractivity contribution in [2.75, 3.05) is 5.32 Å². The van der Waals surface area contributed by atoms with Gasteiger partial charge in [0, 0.05) is 11.6 Å². The van der Waals surface area contributed by atoms with Crippen molar-refractivity contribution in [3.63, 3.8) is 0 Å². The monoisotopic (exact) mass is 457 g/mol. The minimum absolute atomic E-state index is 0.0207. The Morgan fingerprint density at radius 2 is 1.79 bits per heavy atom. The molecule has 0 spiro atoms. The normalized spacial score (nSPS) is 12.4. The van der Waals surface area contributed by atoms with Gasteiger partial charge in [0.2, 0.25) is 0 Å². The van der Waals surface area contributed by atoms with Gasteiger partial charge in [-0.25, -0.2) is 9.67 Å². The number of amides is 1. The Hall–Kier alpha value is -3.69. The number of fused-ring (bicyclic) bond motifs is 1. The van der Waals surface area contributed by atoms with Crippen molar-refractivity contribution in [3.05, 3.63) is 58.9 Å². The SMILES string of the molecule is Cc1cc(NC(=O)c2cc(-c3ccccc3C(F)(F)F)nc3onc(C)c23)n(C(C)(C)C)n1. The number of pyridine rings is 1. The van der Waals surface area contributed by atoms with E-state index in [1.165, 1.54) is 24.3 Å². The first-order valence-corrected chi connectivity index (χ1v) is 10.2. The quantitative estimate of drug-likeness (QED) is 0.425. The van der Waals surface area contributed by atoms with Gasteiger partial charge in [0.05, 0.1) is 39.1 Å². The number of anilines is 1.